The van der Waals surface area contributed by atoms with Crippen LogP contribution in [0.3, 0.4) is 0 Å². The van der Waals surface area contributed by atoms with E-state index in [4.69, 9.17) is 11.6 Å². The number of piperidine rings is 1. The Bertz CT molecular complexity index is 846. The van der Waals surface area contributed by atoms with E-state index in [1.54, 1.807) is 30.6 Å². The summed E-state index contributed by atoms with van der Waals surface area (Å²) < 4.78 is 14.0. The Morgan fingerprint density at radius 3 is 2.89 bits per heavy atom. The fourth-order valence-electron chi connectivity index (χ4n) is 4.07. The Labute approximate surface area is 163 Å². The standard InChI is InChI=1S/C21H21ClFN3O/c22-15-4-5-19(23)20(10-15)26-12-17-16(18(17)13-26)7-9-25-21(27)6-3-14-2-1-8-24-11-14/h1-6,8,10-11,16-18H,7,9,12-13H2,(H,25,27)/b6-3+. The number of hydrogen-bond acceptors (Lipinski definition) is 3. The second kappa shape index (κ2) is 7.69. The molecule has 1 aliphatic heterocycles. The van der Waals surface area contributed by atoms with Crippen LogP contribution in [0, 0.1) is 23.6 Å². The summed E-state index contributed by atoms with van der Waals surface area (Å²) in [6.07, 6.45) is 7.67. The Morgan fingerprint density at radius 2 is 2.15 bits per heavy atom. The normalized spacial score (nSPS) is 23.5. The molecular formula is C21H21ClFN3O. The smallest absolute Gasteiger partial charge is 0.244 e. The molecule has 0 bridgehead atoms. The third-order valence-corrected chi connectivity index (χ3v) is 5.74. The highest BCUT2D eigenvalue weighted by atomic mass is 35.5. The van der Waals surface area contributed by atoms with Crippen molar-refractivity contribution in [3.8, 4) is 0 Å². The molecule has 2 aliphatic rings. The van der Waals surface area contributed by atoms with Gasteiger partial charge >= 0.3 is 0 Å². The zero-order valence-corrected chi connectivity index (χ0v) is 15.6. The highest BCUT2D eigenvalue weighted by Crippen LogP contribution is 2.54. The van der Waals surface area contributed by atoms with Gasteiger partial charge in [-0.1, -0.05) is 17.7 Å². The van der Waals surface area contributed by atoms with Crippen LogP contribution in [0.25, 0.3) is 6.08 Å². The van der Waals surface area contributed by atoms with Crippen molar-refractivity contribution >= 4 is 29.3 Å². The van der Waals surface area contributed by atoms with Gasteiger partial charge in [0, 0.05) is 43.1 Å². The van der Waals surface area contributed by atoms with Crippen molar-refractivity contribution < 1.29 is 9.18 Å². The average Bonchev–Trinajstić information content (AvgIpc) is 3.12. The molecule has 1 saturated carbocycles. The van der Waals surface area contributed by atoms with Crippen molar-refractivity contribution in [3.63, 3.8) is 0 Å². The van der Waals surface area contributed by atoms with E-state index >= 15 is 0 Å². The van der Waals surface area contributed by atoms with Crippen LogP contribution in [0.2, 0.25) is 5.02 Å². The SMILES string of the molecule is O=C(/C=C/c1cccnc1)NCCC1C2CN(c3cc(Cl)ccc3F)CC12. The van der Waals surface area contributed by atoms with Crippen LogP contribution in [-0.4, -0.2) is 30.5 Å². The number of carbonyl (C=O) groups excluding carboxylic acids is 1. The van der Waals surface area contributed by atoms with E-state index in [-0.39, 0.29) is 11.7 Å². The van der Waals surface area contributed by atoms with Crippen molar-refractivity contribution in [2.24, 2.45) is 17.8 Å². The molecule has 4 nitrogen and oxygen atoms in total. The molecule has 1 aliphatic carbocycles. The molecule has 2 heterocycles. The number of amides is 1. The molecule has 2 unspecified atom stereocenters. The van der Waals surface area contributed by atoms with Gasteiger partial charge in [-0.3, -0.25) is 9.78 Å². The number of rotatable bonds is 6. The number of aromatic nitrogens is 1. The van der Waals surface area contributed by atoms with Crippen LogP contribution in [0.5, 0.6) is 0 Å². The molecule has 27 heavy (non-hydrogen) atoms. The van der Waals surface area contributed by atoms with E-state index in [0.29, 0.717) is 35.0 Å². The predicted molar refractivity (Wildman–Crippen MR) is 105 cm³/mol. The summed E-state index contributed by atoms with van der Waals surface area (Å²) in [5, 5.41) is 3.50. The third-order valence-electron chi connectivity index (χ3n) is 5.51. The lowest BCUT2D eigenvalue weighted by atomic mass is 10.1. The molecule has 2 atom stereocenters. The third kappa shape index (κ3) is 4.14. The van der Waals surface area contributed by atoms with Gasteiger partial charge in [0.05, 0.1) is 5.69 Å². The average molecular weight is 386 g/mol. The molecule has 140 valence electrons. The van der Waals surface area contributed by atoms with Gasteiger partial charge in [0.25, 0.3) is 0 Å². The number of carbonyl (C=O) groups is 1. The molecular weight excluding hydrogens is 365 g/mol. The molecule has 2 fully saturated rings. The lowest BCUT2D eigenvalue weighted by Gasteiger charge is -2.22. The molecule has 0 radical (unpaired) electrons. The maximum absolute atomic E-state index is 14.0. The number of halogens is 2. The number of nitrogens with one attached hydrogen (secondary N) is 1. The minimum absolute atomic E-state index is 0.0905. The van der Waals surface area contributed by atoms with Crippen molar-refractivity contribution in [3.05, 3.63) is 65.2 Å². The second-order valence-corrected chi connectivity index (χ2v) is 7.63. The molecule has 0 spiro atoms. The summed E-state index contributed by atoms with van der Waals surface area (Å²) in [4.78, 5) is 18.0. The quantitative estimate of drug-likeness (QED) is 0.770. The highest BCUT2D eigenvalue weighted by Gasteiger charge is 2.55. The summed E-state index contributed by atoms with van der Waals surface area (Å²) in [6, 6.07) is 8.43. The fourth-order valence-corrected chi connectivity index (χ4v) is 4.24. The Kier molecular flexibility index (Phi) is 5.12. The molecule has 1 amide bonds. The predicted octanol–water partition coefficient (Wildman–Crippen LogP) is 3.78. The first kappa shape index (κ1) is 18.0. The number of hydrogen-bond donors (Lipinski definition) is 1. The van der Waals surface area contributed by atoms with Crippen molar-refractivity contribution in [2.45, 2.75) is 6.42 Å². The molecule has 6 heteroatoms. The van der Waals surface area contributed by atoms with Gasteiger partial charge in [0.2, 0.25) is 5.91 Å². The van der Waals surface area contributed by atoms with Crippen molar-refractivity contribution in [2.75, 3.05) is 24.5 Å². The Balaban J connectivity index is 1.20. The zero-order chi connectivity index (χ0) is 18.8. The molecule has 1 saturated heterocycles. The van der Waals surface area contributed by atoms with Crippen molar-refractivity contribution in [1.82, 2.24) is 10.3 Å². The Hall–Kier alpha value is -2.40. The number of pyridine rings is 1. The molecule has 4 rings (SSSR count). The van der Waals surface area contributed by atoms with Gasteiger partial charge in [-0.05, 0) is 60.1 Å². The minimum atomic E-state index is -0.218. The van der Waals surface area contributed by atoms with Crippen molar-refractivity contribution in [1.29, 1.82) is 0 Å². The highest BCUT2D eigenvalue weighted by molar-refractivity contribution is 6.30. The van der Waals surface area contributed by atoms with Gasteiger partial charge in [-0.15, -0.1) is 0 Å². The lowest BCUT2D eigenvalue weighted by Crippen LogP contribution is -2.27. The topological polar surface area (TPSA) is 45.2 Å². The van der Waals surface area contributed by atoms with E-state index in [0.717, 1.165) is 25.1 Å². The zero-order valence-electron chi connectivity index (χ0n) is 14.8. The minimum Gasteiger partial charge on any atom is -0.369 e. The van der Waals surface area contributed by atoms with Gasteiger partial charge < -0.3 is 10.2 Å². The van der Waals surface area contributed by atoms with Gasteiger partial charge in [0.15, 0.2) is 0 Å². The number of fused-ring (bicyclic) bond motifs is 1. The van der Waals surface area contributed by atoms with Gasteiger partial charge in [0.1, 0.15) is 5.82 Å². The van der Waals surface area contributed by atoms with E-state index in [9.17, 15) is 9.18 Å². The molecule has 1 N–H and O–H groups in total. The summed E-state index contributed by atoms with van der Waals surface area (Å²) >= 11 is 5.99. The summed E-state index contributed by atoms with van der Waals surface area (Å²) in [5.74, 6) is 1.49. The fraction of sp³-hybridized carbons (Fsp3) is 0.333. The summed E-state index contributed by atoms with van der Waals surface area (Å²) in [6.45, 7) is 2.39. The van der Waals surface area contributed by atoms with Crippen LogP contribution >= 0.6 is 11.6 Å². The van der Waals surface area contributed by atoms with Gasteiger partial charge in [-0.25, -0.2) is 4.39 Å². The number of benzene rings is 1. The summed E-state index contributed by atoms with van der Waals surface area (Å²) in [5.41, 5.74) is 1.50. The maximum atomic E-state index is 14.0. The first-order valence-electron chi connectivity index (χ1n) is 9.18. The second-order valence-electron chi connectivity index (χ2n) is 7.19. The molecule has 1 aromatic carbocycles. The largest absolute Gasteiger partial charge is 0.369 e. The lowest BCUT2D eigenvalue weighted by molar-refractivity contribution is -0.116. The number of nitrogens with zero attached hydrogens (tertiary/aromatic N) is 2. The van der Waals surface area contributed by atoms with Crippen LogP contribution in [0.15, 0.2) is 48.8 Å². The van der Waals surface area contributed by atoms with E-state index in [1.165, 1.54) is 12.1 Å². The van der Waals surface area contributed by atoms with Crippen LogP contribution in [0.4, 0.5) is 10.1 Å². The first-order valence-corrected chi connectivity index (χ1v) is 9.55. The van der Waals surface area contributed by atoms with Crippen LogP contribution in [-0.2, 0) is 4.79 Å². The summed E-state index contributed by atoms with van der Waals surface area (Å²) in [7, 11) is 0. The van der Waals surface area contributed by atoms with Crippen LogP contribution in [0.1, 0.15) is 12.0 Å². The monoisotopic (exact) mass is 385 g/mol. The molecule has 1 aromatic heterocycles. The number of anilines is 1. The van der Waals surface area contributed by atoms with E-state index in [2.05, 4.69) is 15.2 Å². The van der Waals surface area contributed by atoms with Gasteiger partial charge in [-0.2, -0.15) is 0 Å². The van der Waals surface area contributed by atoms with Crippen LogP contribution < -0.4 is 10.2 Å². The maximum Gasteiger partial charge on any atom is 0.244 e. The van der Waals surface area contributed by atoms with E-state index in [1.807, 2.05) is 12.1 Å². The molecule has 2 aromatic rings. The Morgan fingerprint density at radius 1 is 1.33 bits per heavy atom. The van der Waals surface area contributed by atoms with E-state index < -0.39 is 0 Å². The first-order chi connectivity index (χ1) is 13.1.